The molecule has 2 N–H and O–H groups in total. The number of nitrogens with one attached hydrogen (secondary N) is 2. The van der Waals surface area contributed by atoms with Crippen LogP contribution in [0.2, 0.25) is 0 Å². The van der Waals surface area contributed by atoms with Gasteiger partial charge in [-0.3, -0.25) is 9.69 Å². The van der Waals surface area contributed by atoms with E-state index in [2.05, 4.69) is 20.4 Å². The van der Waals surface area contributed by atoms with E-state index in [1.807, 2.05) is 0 Å². The summed E-state index contributed by atoms with van der Waals surface area (Å²) in [5.41, 5.74) is -0.921. The standard InChI is InChI=1S/C18H14F6N4O3/c1-9(10-2-4-11(5-3-10)31-18(22,23)24)25-16(30)28-8-14(29)26-12-6-7-13(17(19,20)21)27-15(12)28/h2-7,9H,8H2,1H3,(H,25,30)(H,26,29). The lowest BCUT2D eigenvalue weighted by Gasteiger charge is -2.30. The van der Waals surface area contributed by atoms with E-state index in [1.54, 1.807) is 0 Å². The Bertz CT molecular complexity index is 991. The van der Waals surface area contributed by atoms with Gasteiger partial charge in [-0.15, -0.1) is 13.2 Å². The van der Waals surface area contributed by atoms with E-state index in [1.165, 1.54) is 19.1 Å². The van der Waals surface area contributed by atoms with E-state index in [4.69, 9.17) is 0 Å². The van der Waals surface area contributed by atoms with E-state index in [0.717, 1.165) is 23.1 Å². The Labute approximate surface area is 171 Å². The average Bonchev–Trinajstić information content (AvgIpc) is 2.65. The van der Waals surface area contributed by atoms with Crippen LogP contribution in [0, 0.1) is 0 Å². The fourth-order valence-electron chi connectivity index (χ4n) is 2.79. The molecule has 1 atom stereocenters. The van der Waals surface area contributed by atoms with Gasteiger partial charge in [0.25, 0.3) is 0 Å². The van der Waals surface area contributed by atoms with Crippen LogP contribution in [0.15, 0.2) is 36.4 Å². The predicted octanol–water partition coefficient (Wildman–Crippen LogP) is 4.23. The van der Waals surface area contributed by atoms with Crippen LogP contribution in [0.4, 0.5) is 42.6 Å². The minimum atomic E-state index is -4.86. The summed E-state index contributed by atoms with van der Waals surface area (Å²) in [6.07, 6.45) is -9.61. The van der Waals surface area contributed by atoms with Crippen molar-refractivity contribution in [1.82, 2.24) is 10.3 Å². The molecule has 0 fully saturated rings. The first-order chi connectivity index (χ1) is 14.3. The number of benzene rings is 1. The number of alkyl halides is 6. The third-order valence-corrected chi connectivity index (χ3v) is 4.20. The van der Waals surface area contributed by atoms with Gasteiger partial charge in [0.15, 0.2) is 5.82 Å². The molecule has 1 aromatic heterocycles. The largest absolute Gasteiger partial charge is 0.573 e. The zero-order valence-corrected chi connectivity index (χ0v) is 15.6. The number of carbonyl (C=O) groups is 2. The Hall–Kier alpha value is -3.51. The second-order valence-electron chi connectivity index (χ2n) is 6.49. The van der Waals surface area contributed by atoms with Crippen molar-refractivity contribution in [3.8, 4) is 5.75 Å². The molecule has 13 heteroatoms. The Balaban J connectivity index is 1.78. The minimum Gasteiger partial charge on any atom is -0.406 e. The van der Waals surface area contributed by atoms with Crippen molar-refractivity contribution in [2.45, 2.75) is 25.5 Å². The lowest BCUT2D eigenvalue weighted by Crippen LogP contribution is -2.48. The molecule has 0 spiro atoms. The molecule has 2 heterocycles. The van der Waals surface area contributed by atoms with Gasteiger partial charge in [-0.05, 0) is 36.8 Å². The molecular weight excluding hydrogens is 434 g/mol. The minimum absolute atomic E-state index is 0.0688. The van der Waals surface area contributed by atoms with Gasteiger partial charge in [0, 0.05) is 0 Å². The highest BCUT2D eigenvalue weighted by atomic mass is 19.4. The van der Waals surface area contributed by atoms with E-state index in [-0.39, 0.29) is 11.5 Å². The van der Waals surface area contributed by atoms with Crippen molar-refractivity contribution in [3.63, 3.8) is 0 Å². The van der Waals surface area contributed by atoms with Crippen LogP contribution in [-0.2, 0) is 11.0 Å². The van der Waals surface area contributed by atoms with E-state index < -0.39 is 48.5 Å². The number of urea groups is 1. The molecule has 3 rings (SSSR count). The monoisotopic (exact) mass is 448 g/mol. The summed E-state index contributed by atoms with van der Waals surface area (Å²) in [6.45, 7) is 0.931. The normalized spacial score (nSPS) is 15.1. The van der Waals surface area contributed by atoms with E-state index in [9.17, 15) is 35.9 Å². The summed E-state index contributed by atoms with van der Waals surface area (Å²) >= 11 is 0. The maximum Gasteiger partial charge on any atom is 0.573 e. The maximum atomic E-state index is 13.0. The van der Waals surface area contributed by atoms with Gasteiger partial charge in [0.2, 0.25) is 5.91 Å². The van der Waals surface area contributed by atoms with Crippen LogP contribution < -0.4 is 20.3 Å². The SMILES string of the molecule is CC(NC(=O)N1CC(=O)Nc2ccc(C(F)(F)F)nc21)c1ccc(OC(F)(F)F)cc1. The van der Waals surface area contributed by atoms with Crippen LogP contribution in [0.5, 0.6) is 5.75 Å². The number of nitrogens with zero attached hydrogens (tertiary/aromatic N) is 2. The van der Waals surface area contributed by atoms with Crippen LogP contribution in [0.1, 0.15) is 24.2 Å². The number of hydrogen-bond donors (Lipinski definition) is 2. The van der Waals surface area contributed by atoms with Crippen molar-refractivity contribution in [2.24, 2.45) is 0 Å². The molecule has 1 aromatic carbocycles. The number of hydrogen-bond acceptors (Lipinski definition) is 4. The molecule has 1 unspecified atom stereocenters. The highest BCUT2D eigenvalue weighted by Crippen LogP contribution is 2.34. The fraction of sp³-hybridized carbons (Fsp3) is 0.278. The number of anilines is 2. The Morgan fingerprint density at radius 1 is 1.13 bits per heavy atom. The summed E-state index contributed by atoms with van der Waals surface area (Å²) in [7, 11) is 0. The third kappa shape index (κ3) is 5.35. The van der Waals surface area contributed by atoms with Crippen molar-refractivity contribution < 1.29 is 40.7 Å². The van der Waals surface area contributed by atoms with E-state index in [0.29, 0.717) is 11.6 Å². The topological polar surface area (TPSA) is 83.6 Å². The molecule has 1 aliphatic rings. The molecule has 0 bridgehead atoms. The van der Waals surface area contributed by atoms with Crippen molar-refractivity contribution in [1.29, 1.82) is 0 Å². The van der Waals surface area contributed by atoms with Gasteiger partial charge >= 0.3 is 18.6 Å². The molecule has 31 heavy (non-hydrogen) atoms. The first kappa shape index (κ1) is 22.2. The van der Waals surface area contributed by atoms with Crippen LogP contribution >= 0.6 is 0 Å². The second kappa shape index (κ2) is 7.96. The summed E-state index contributed by atoms with van der Waals surface area (Å²) in [5, 5.41) is 4.81. The van der Waals surface area contributed by atoms with Gasteiger partial charge in [0.05, 0.1) is 11.7 Å². The van der Waals surface area contributed by atoms with Gasteiger partial charge in [-0.2, -0.15) is 13.2 Å². The molecule has 0 radical (unpaired) electrons. The first-order valence-corrected chi connectivity index (χ1v) is 8.65. The Morgan fingerprint density at radius 3 is 2.35 bits per heavy atom. The van der Waals surface area contributed by atoms with Crippen LogP contribution in [0.3, 0.4) is 0 Å². The third-order valence-electron chi connectivity index (χ3n) is 4.20. The molecule has 1 aliphatic heterocycles. The van der Waals surface area contributed by atoms with Gasteiger partial charge in [-0.25, -0.2) is 9.78 Å². The summed E-state index contributed by atoms with van der Waals surface area (Å²) in [6, 6.07) is 4.65. The Kier molecular flexibility index (Phi) is 5.70. The highest BCUT2D eigenvalue weighted by molar-refractivity contribution is 6.08. The summed E-state index contributed by atoms with van der Waals surface area (Å²) in [5.74, 6) is -1.47. The molecule has 0 saturated carbocycles. The molecule has 166 valence electrons. The molecule has 7 nitrogen and oxygen atoms in total. The van der Waals surface area contributed by atoms with Crippen LogP contribution in [0.25, 0.3) is 0 Å². The molecule has 3 amide bonds. The number of carbonyl (C=O) groups excluding carboxylic acids is 2. The van der Waals surface area contributed by atoms with Crippen LogP contribution in [-0.4, -0.2) is 29.8 Å². The quantitative estimate of drug-likeness (QED) is 0.689. The first-order valence-electron chi connectivity index (χ1n) is 8.65. The zero-order valence-electron chi connectivity index (χ0n) is 15.6. The van der Waals surface area contributed by atoms with E-state index >= 15 is 0 Å². The zero-order chi connectivity index (χ0) is 23.0. The molecule has 0 aliphatic carbocycles. The number of aromatic nitrogens is 1. The predicted molar refractivity (Wildman–Crippen MR) is 95.3 cm³/mol. The summed E-state index contributed by atoms with van der Waals surface area (Å²) < 4.78 is 79.4. The fourth-order valence-corrected chi connectivity index (χ4v) is 2.79. The number of fused-ring (bicyclic) bond motifs is 1. The average molecular weight is 448 g/mol. The molecular formula is C18H14F6N4O3. The lowest BCUT2D eigenvalue weighted by atomic mass is 10.1. The van der Waals surface area contributed by atoms with Gasteiger partial charge in [0.1, 0.15) is 18.0 Å². The maximum absolute atomic E-state index is 13.0. The number of halogens is 6. The van der Waals surface area contributed by atoms with Crippen molar-refractivity contribution >= 4 is 23.4 Å². The molecule has 2 aromatic rings. The smallest absolute Gasteiger partial charge is 0.406 e. The van der Waals surface area contributed by atoms with Crippen molar-refractivity contribution in [2.75, 3.05) is 16.8 Å². The molecule has 0 saturated heterocycles. The lowest BCUT2D eigenvalue weighted by molar-refractivity contribution is -0.274. The Morgan fingerprint density at radius 2 is 1.77 bits per heavy atom. The second-order valence-corrected chi connectivity index (χ2v) is 6.49. The van der Waals surface area contributed by atoms with Gasteiger partial charge < -0.3 is 15.4 Å². The van der Waals surface area contributed by atoms with Gasteiger partial charge in [-0.1, -0.05) is 12.1 Å². The highest BCUT2D eigenvalue weighted by Gasteiger charge is 2.36. The number of amides is 3. The number of ether oxygens (including phenoxy) is 1. The summed E-state index contributed by atoms with van der Waals surface area (Å²) in [4.78, 5) is 28.7. The van der Waals surface area contributed by atoms with Crippen molar-refractivity contribution in [3.05, 3.63) is 47.7 Å². The number of pyridine rings is 1. The number of rotatable bonds is 3.